The zero-order chi connectivity index (χ0) is 13.7. The Morgan fingerprint density at radius 1 is 1.26 bits per heavy atom. The van der Waals surface area contributed by atoms with Crippen LogP contribution in [0.3, 0.4) is 0 Å². The van der Waals surface area contributed by atoms with Crippen molar-refractivity contribution in [1.82, 2.24) is 5.32 Å². The smallest absolute Gasteiger partial charge is 0.0808 e. The Hall–Kier alpha value is -0.120. The largest absolute Gasteiger partial charge is 0.376 e. The molecule has 1 saturated heterocycles. The Bertz CT molecular complexity index is 261. The summed E-state index contributed by atoms with van der Waals surface area (Å²) >= 11 is 0. The van der Waals surface area contributed by atoms with E-state index in [0.29, 0.717) is 23.7 Å². The molecule has 1 N–H and O–H groups in total. The number of nitrogens with one attached hydrogen (secondary N) is 1. The molecule has 0 aromatic rings. The highest BCUT2D eigenvalue weighted by atomic mass is 16.5. The van der Waals surface area contributed by atoms with Gasteiger partial charge in [-0.25, -0.2) is 0 Å². The monoisotopic (exact) mass is 269 g/mol. The lowest BCUT2D eigenvalue weighted by Crippen LogP contribution is -2.46. The minimum absolute atomic E-state index is 0.337. The fourth-order valence-corrected chi connectivity index (χ4v) is 3.40. The second-order valence-electron chi connectivity index (χ2n) is 6.82. The molecule has 2 aliphatic rings. The highest BCUT2D eigenvalue weighted by molar-refractivity contribution is 4.97. The van der Waals surface area contributed by atoms with Gasteiger partial charge in [-0.3, -0.25) is 0 Å². The molecule has 3 atom stereocenters. The maximum absolute atomic E-state index is 6.20. The van der Waals surface area contributed by atoms with Crippen LogP contribution >= 0.6 is 0 Å². The number of hydrogen-bond donors (Lipinski definition) is 1. The first-order valence-corrected chi connectivity index (χ1v) is 8.10. The predicted octanol–water partition coefficient (Wildman–Crippen LogP) is 3.13. The molecule has 1 saturated carbocycles. The molecule has 3 heteroatoms. The summed E-state index contributed by atoms with van der Waals surface area (Å²) < 4.78 is 12.0. The summed E-state index contributed by atoms with van der Waals surface area (Å²) in [6.45, 7) is 9.74. The van der Waals surface area contributed by atoms with E-state index in [1.165, 1.54) is 38.5 Å². The molecule has 2 fully saturated rings. The Kier molecular flexibility index (Phi) is 5.67. The van der Waals surface area contributed by atoms with Crippen molar-refractivity contribution in [2.24, 2.45) is 5.41 Å². The van der Waals surface area contributed by atoms with Gasteiger partial charge in [0.2, 0.25) is 0 Å². The zero-order valence-electron chi connectivity index (χ0n) is 12.9. The van der Waals surface area contributed by atoms with Gasteiger partial charge in [-0.1, -0.05) is 20.8 Å². The third-order valence-corrected chi connectivity index (χ3v) is 4.67. The van der Waals surface area contributed by atoms with Gasteiger partial charge in [-0.05, 0) is 50.5 Å². The van der Waals surface area contributed by atoms with Gasteiger partial charge in [-0.2, -0.15) is 0 Å². The molecule has 19 heavy (non-hydrogen) atoms. The van der Waals surface area contributed by atoms with E-state index in [4.69, 9.17) is 9.47 Å². The van der Waals surface area contributed by atoms with E-state index in [2.05, 4.69) is 26.1 Å². The minimum Gasteiger partial charge on any atom is -0.376 e. The van der Waals surface area contributed by atoms with Gasteiger partial charge in [0, 0.05) is 12.6 Å². The normalized spacial score (nSPS) is 34.6. The van der Waals surface area contributed by atoms with Gasteiger partial charge < -0.3 is 14.8 Å². The SMILES string of the molecule is CCCNC1C(OCC2CCCCO2)CCC1(C)C. The van der Waals surface area contributed by atoms with Crippen molar-refractivity contribution < 1.29 is 9.47 Å². The maximum atomic E-state index is 6.20. The molecule has 0 spiro atoms. The lowest BCUT2D eigenvalue weighted by atomic mass is 9.87. The summed E-state index contributed by atoms with van der Waals surface area (Å²) in [4.78, 5) is 0. The van der Waals surface area contributed by atoms with Crippen molar-refractivity contribution in [2.75, 3.05) is 19.8 Å². The van der Waals surface area contributed by atoms with Crippen molar-refractivity contribution in [3.63, 3.8) is 0 Å². The standard InChI is InChI=1S/C16H31NO2/c1-4-10-17-15-14(8-9-16(15,2)3)19-12-13-7-5-6-11-18-13/h13-15,17H,4-12H2,1-3H3. The Morgan fingerprint density at radius 2 is 2.11 bits per heavy atom. The lowest BCUT2D eigenvalue weighted by Gasteiger charge is -2.32. The third kappa shape index (κ3) is 4.17. The molecule has 112 valence electrons. The third-order valence-electron chi connectivity index (χ3n) is 4.67. The fourth-order valence-electron chi connectivity index (χ4n) is 3.40. The van der Waals surface area contributed by atoms with Crippen LogP contribution in [0.2, 0.25) is 0 Å². The minimum atomic E-state index is 0.337. The van der Waals surface area contributed by atoms with Crippen LogP contribution < -0.4 is 5.32 Å². The summed E-state index contributed by atoms with van der Waals surface area (Å²) in [5.41, 5.74) is 0.354. The molecule has 1 aliphatic heterocycles. The number of rotatable bonds is 6. The molecule has 0 amide bonds. The molecule has 0 aromatic heterocycles. The van der Waals surface area contributed by atoms with Gasteiger partial charge >= 0.3 is 0 Å². The van der Waals surface area contributed by atoms with E-state index in [9.17, 15) is 0 Å². The van der Waals surface area contributed by atoms with Crippen molar-refractivity contribution in [2.45, 2.75) is 77.5 Å². The first-order chi connectivity index (χ1) is 9.13. The molecule has 1 heterocycles. The Morgan fingerprint density at radius 3 is 2.79 bits per heavy atom. The molecular formula is C16H31NO2. The highest BCUT2D eigenvalue weighted by Crippen LogP contribution is 2.39. The highest BCUT2D eigenvalue weighted by Gasteiger charge is 2.42. The molecule has 3 nitrogen and oxygen atoms in total. The summed E-state index contributed by atoms with van der Waals surface area (Å²) in [6, 6.07) is 0.496. The van der Waals surface area contributed by atoms with Gasteiger partial charge in [0.05, 0.1) is 18.8 Å². The van der Waals surface area contributed by atoms with Crippen molar-refractivity contribution in [3.05, 3.63) is 0 Å². The van der Waals surface area contributed by atoms with E-state index < -0.39 is 0 Å². The van der Waals surface area contributed by atoms with E-state index >= 15 is 0 Å². The van der Waals surface area contributed by atoms with Crippen molar-refractivity contribution in [3.8, 4) is 0 Å². The van der Waals surface area contributed by atoms with E-state index in [1.807, 2.05) is 0 Å². The number of ether oxygens (including phenoxy) is 2. The second-order valence-corrected chi connectivity index (χ2v) is 6.82. The molecule has 1 aliphatic carbocycles. The molecule has 0 aromatic carbocycles. The van der Waals surface area contributed by atoms with E-state index in [-0.39, 0.29) is 0 Å². The summed E-state index contributed by atoms with van der Waals surface area (Å²) in [7, 11) is 0. The molecule has 0 bridgehead atoms. The topological polar surface area (TPSA) is 30.5 Å². The van der Waals surface area contributed by atoms with Crippen LogP contribution in [0.25, 0.3) is 0 Å². The molecular weight excluding hydrogens is 238 g/mol. The van der Waals surface area contributed by atoms with Crippen LogP contribution in [0.4, 0.5) is 0 Å². The summed E-state index contributed by atoms with van der Waals surface area (Å²) in [5.74, 6) is 0. The number of hydrogen-bond acceptors (Lipinski definition) is 3. The van der Waals surface area contributed by atoms with Crippen molar-refractivity contribution >= 4 is 0 Å². The van der Waals surface area contributed by atoms with Gasteiger partial charge in [0.1, 0.15) is 0 Å². The zero-order valence-corrected chi connectivity index (χ0v) is 12.9. The lowest BCUT2D eigenvalue weighted by molar-refractivity contribution is -0.0695. The maximum Gasteiger partial charge on any atom is 0.0808 e. The van der Waals surface area contributed by atoms with E-state index in [1.54, 1.807) is 0 Å². The van der Waals surface area contributed by atoms with Crippen molar-refractivity contribution in [1.29, 1.82) is 0 Å². The first kappa shape index (κ1) is 15.3. The predicted molar refractivity (Wildman–Crippen MR) is 78.4 cm³/mol. The van der Waals surface area contributed by atoms with Crippen LogP contribution in [0.15, 0.2) is 0 Å². The second kappa shape index (κ2) is 7.05. The molecule has 3 unspecified atom stereocenters. The van der Waals surface area contributed by atoms with Crippen LogP contribution in [-0.2, 0) is 9.47 Å². The summed E-state index contributed by atoms with van der Waals surface area (Å²) in [6.07, 6.45) is 8.01. The molecule has 2 rings (SSSR count). The van der Waals surface area contributed by atoms with Crippen LogP contribution in [0.1, 0.15) is 59.3 Å². The van der Waals surface area contributed by atoms with Crippen LogP contribution in [0, 0.1) is 5.41 Å². The first-order valence-electron chi connectivity index (χ1n) is 8.10. The van der Waals surface area contributed by atoms with Gasteiger partial charge in [-0.15, -0.1) is 0 Å². The average molecular weight is 269 g/mol. The average Bonchev–Trinajstić information content (AvgIpc) is 2.70. The Balaban J connectivity index is 1.80. The fraction of sp³-hybridized carbons (Fsp3) is 1.00. The van der Waals surface area contributed by atoms with Gasteiger partial charge in [0.15, 0.2) is 0 Å². The van der Waals surface area contributed by atoms with Crippen LogP contribution in [0.5, 0.6) is 0 Å². The quantitative estimate of drug-likeness (QED) is 0.803. The summed E-state index contributed by atoms with van der Waals surface area (Å²) in [5, 5.41) is 3.69. The Labute approximate surface area is 118 Å². The molecule has 0 radical (unpaired) electrons. The van der Waals surface area contributed by atoms with Crippen LogP contribution in [-0.4, -0.2) is 38.0 Å². The van der Waals surface area contributed by atoms with Gasteiger partial charge in [0.25, 0.3) is 0 Å². The van der Waals surface area contributed by atoms with E-state index in [0.717, 1.165) is 19.8 Å².